The summed E-state index contributed by atoms with van der Waals surface area (Å²) >= 11 is 5.87. The number of hydrogen-bond donors (Lipinski definition) is 1. The van der Waals surface area contributed by atoms with Gasteiger partial charge in [0.1, 0.15) is 0 Å². The van der Waals surface area contributed by atoms with Gasteiger partial charge in [0.2, 0.25) is 0 Å². The van der Waals surface area contributed by atoms with Gasteiger partial charge in [0.05, 0.1) is 11.6 Å². The Labute approximate surface area is 89.3 Å². The number of hydrogen-bond acceptors (Lipinski definition) is 2. The summed E-state index contributed by atoms with van der Waals surface area (Å²) < 4.78 is 0. The third-order valence-electron chi connectivity index (χ3n) is 2.15. The Balaban J connectivity index is 3.10. The summed E-state index contributed by atoms with van der Waals surface area (Å²) in [6.07, 6.45) is 0. The summed E-state index contributed by atoms with van der Waals surface area (Å²) in [5, 5.41) is 9.32. The molecule has 0 saturated heterocycles. The van der Waals surface area contributed by atoms with Crippen LogP contribution in [0.1, 0.15) is 31.0 Å². The van der Waals surface area contributed by atoms with Crippen LogP contribution in [0.2, 0.25) is 5.02 Å². The van der Waals surface area contributed by atoms with E-state index in [2.05, 4.69) is 6.07 Å². The highest BCUT2D eigenvalue weighted by Gasteiger charge is 2.11. The van der Waals surface area contributed by atoms with E-state index in [1.807, 2.05) is 19.9 Å². The molecule has 0 amide bonds. The Bertz CT molecular complexity index is 366. The Hall–Kier alpha value is -1.04. The molecule has 0 bridgehead atoms. The molecule has 74 valence electrons. The fourth-order valence-electron chi connectivity index (χ4n) is 1.25. The minimum absolute atomic E-state index is 0.0687. The summed E-state index contributed by atoms with van der Waals surface area (Å²) in [6.45, 7) is 4.08. The van der Waals surface area contributed by atoms with E-state index in [1.165, 1.54) is 0 Å². The normalized spacial score (nSPS) is 12.6. The standard InChI is InChI=1S/C11H13ClN2/c1-7(2)11(14)9-3-8(6-13)4-10(12)5-9/h3-5,7,11H,14H2,1-2H3/t11-/m0/s1. The molecule has 0 saturated carbocycles. The van der Waals surface area contributed by atoms with Crippen molar-refractivity contribution in [3.63, 3.8) is 0 Å². The minimum atomic E-state index is -0.0687. The molecule has 14 heavy (non-hydrogen) atoms. The van der Waals surface area contributed by atoms with Crippen LogP contribution < -0.4 is 5.73 Å². The van der Waals surface area contributed by atoms with Gasteiger partial charge in [0.25, 0.3) is 0 Å². The smallest absolute Gasteiger partial charge is 0.0992 e. The topological polar surface area (TPSA) is 49.8 Å². The third kappa shape index (κ3) is 2.47. The van der Waals surface area contributed by atoms with Gasteiger partial charge >= 0.3 is 0 Å². The highest BCUT2D eigenvalue weighted by Crippen LogP contribution is 2.23. The van der Waals surface area contributed by atoms with E-state index in [1.54, 1.807) is 12.1 Å². The zero-order chi connectivity index (χ0) is 10.7. The zero-order valence-corrected chi connectivity index (χ0v) is 9.05. The third-order valence-corrected chi connectivity index (χ3v) is 2.37. The Morgan fingerprint density at radius 2 is 2.00 bits per heavy atom. The van der Waals surface area contributed by atoms with Crippen LogP contribution in [0.3, 0.4) is 0 Å². The largest absolute Gasteiger partial charge is 0.324 e. The van der Waals surface area contributed by atoms with Crippen LogP contribution in [-0.4, -0.2) is 0 Å². The van der Waals surface area contributed by atoms with E-state index >= 15 is 0 Å². The predicted octanol–water partition coefficient (Wildman–Crippen LogP) is 2.87. The van der Waals surface area contributed by atoms with Crippen molar-refractivity contribution < 1.29 is 0 Å². The maximum atomic E-state index is 8.76. The molecular formula is C11H13ClN2. The molecule has 1 aromatic carbocycles. The summed E-state index contributed by atoms with van der Waals surface area (Å²) in [6, 6.07) is 7.23. The van der Waals surface area contributed by atoms with Crippen LogP contribution >= 0.6 is 11.6 Å². The van der Waals surface area contributed by atoms with E-state index < -0.39 is 0 Å². The SMILES string of the molecule is CC(C)[C@H](N)c1cc(Cl)cc(C#N)c1. The molecule has 0 heterocycles. The van der Waals surface area contributed by atoms with Crippen molar-refractivity contribution in [2.45, 2.75) is 19.9 Å². The molecule has 0 aliphatic heterocycles. The van der Waals surface area contributed by atoms with Crippen molar-refractivity contribution in [2.24, 2.45) is 11.7 Å². The van der Waals surface area contributed by atoms with Gasteiger partial charge in [-0.3, -0.25) is 0 Å². The molecule has 1 aromatic rings. The van der Waals surface area contributed by atoms with Crippen LogP contribution in [0.4, 0.5) is 0 Å². The zero-order valence-electron chi connectivity index (χ0n) is 8.29. The number of halogens is 1. The molecule has 0 fully saturated rings. The van der Waals surface area contributed by atoms with Crippen LogP contribution in [0.15, 0.2) is 18.2 Å². The number of nitrogens with zero attached hydrogens (tertiary/aromatic N) is 1. The van der Waals surface area contributed by atoms with Crippen molar-refractivity contribution in [1.29, 1.82) is 5.26 Å². The second kappa shape index (κ2) is 4.45. The molecule has 1 rings (SSSR count). The molecule has 3 heteroatoms. The number of benzene rings is 1. The van der Waals surface area contributed by atoms with Gasteiger partial charge in [0, 0.05) is 11.1 Å². The highest BCUT2D eigenvalue weighted by atomic mass is 35.5. The average Bonchev–Trinajstić information content (AvgIpc) is 2.15. The highest BCUT2D eigenvalue weighted by molar-refractivity contribution is 6.30. The van der Waals surface area contributed by atoms with E-state index in [4.69, 9.17) is 22.6 Å². The molecule has 0 aliphatic rings. The second-order valence-corrected chi connectivity index (χ2v) is 4.09. The van der Waals surface area contributed by atoms with Gasteiger partial charge in [-0.1, -0.05) is 25.4 Å². The van der Waals surface area contributed by atoms with Crippen molar-refractivity contribution in [1.82, 2.24) is 0 Å². The maximum Gasteiger partial charge on any atom is 0.0992 e. The first-order valence-electron chi connectivity index (χ1n) is 4.50. The summed E-state index contributed by atoms with van der Waals surface area (Å²) in [4.78, 5) is 0. The molecule has 0 aromatic heterocycles. The van der Waals surface area contributed by atoms with Crippen molar-refractivity contribution in [3.8, 4) is 6.07 Å². The monoisotopic (exact) mass is 208 g/mol. The Kier molecular flexibility index (Phi) is 3.51. The molecule has 1 atom stereocenters. The van der Waals surface area contributed by atoms with Crippen molar-refractivity contribution in [3.05, 3.63) is 34.3 Å². The first-order valence-corrected chi connectivity index (χ1v) is 4.88. The quantitative estimate of drug-likeness (QED) is 0.813. The van der Waals surface area contributed by atoms with Crippen LogP contribution in [0.25, 0.3) is 0 Å². The van der Waals surface area contributed by atoms with E-state index in [-0.39, 0.29) is 6.04 Å². The molecule has 2 N–H and O–H groups in total. The van der Waals surface area contributed by atoms with Crippen LogP contribution in [-0.2, 0) is 0 Å². The Morgan fingerprint density at radius 3 is 2.50 bits per heavy atom. The lowest BCUT2D eigenvalue weighted by Gasteiger charge is -2.16. The fourth-order valence-corrected chi connectivity index (χ4v) is 1.50. The lowest BCUT2D eigenvalue weighted by Crippen LogP contribution is -2.16. The van der Waals surface area contributed by atoms with Crippen LogP contribution in [0.5, 0.6) is 0 Å². The van der Waals surface area contributed by atoms with E-state index in [0.29, 0.717) is 16.5 Å². The Morgan fingerprint density at radius 1 is 1.36 bits per heavy atom. The second-order valence-electron chi connectivity index (χ2n) is 3.65. The van der Waals surface area contributed by atoms with Gasteiger partial charge in [0.15, 0.2) is 0 Å². The van der Waals surface area contributed by atoms with Gasteiger partial charge in [-0.15, -0.1) is 0 Å². The lowest BCUT2D eigenvalue weighted by atomic mass is 9.96. The number of rotatable bonds is 2. The summed E-state index contributed by atoms with van der Waals surface area (Å²) in [5.41, 5.74) is 7.44. The fraction of sp³-hybridized carbons (Fsp3) is 0.364. The number of nitrogens with two attached hydrogens (primary N) is 1. The van der Waals surface area contributed by atoms with E-state index in [0.717, 1.165) is 5.56 Å². The average molecular weight is 209 g/mol. The van der Waals surface area contributed by atoms with Gasteiger partial charge < -0.3 is 5.73 Å². The molecule has 0 radical (unpaired) electrons. The lowest BCUT2D eigenvalue weighted by molar-refractivity contribution is 0.514. The maximum absolute atomic E-state index is 8.76. The molecule has 2 nitrogen and oxygen atoms in total. The van der Waals surface area contributed by atoms with Crippen molar-refractivity contribution >= 4 is 11.6 Å². The van der Waals surface area contributed by atoms with E-state index in [9.17, 15) is 0 Å². The first-order chi connectivity index (χ1) is 6.54. The molecule has 0 spiro atoms. The van der Waals surface area contributed by atoms with Gasteiger partial charge in [-0.2, -0.15) is 5.26 Å². The van der Waals surface area contributed by atoms with Gasteiger partial charge in [-0.05, 0) is 29.7 Å². The summed E-state index contributed by atoms with van der Waals surface area (Å²) in [5.74, 6) is 0.333. The van der Waals surface area contributed by atoms with Crippen LogP contribution in [0, 0.1) is 17.2 Å². The minimum Gasteiger partial charge on any atom is -0.324 e. The number of nitriles is 1. The molecular weight excluding hydrogens is 196 g/mol. The van der Waals surface area contributed by atoms with Gasteiger partial charge in [-0.25, -0.2) is 0 Å². The van der Waals surface area contributed by atoms with Crippen molar-refractivity contribution in [2.75, 3.05) is 0 Å². The first kappa shape index (κ1) is 11.0. The molecule has 0 unspecified atom stereocenters. The molecule has 0 aliphatic carbocycles. The predicted molar refractivity (Wildman–Crippen MR) is 57.9 cm³/mol. The summed E-state index contributed by atoms with van der Waals surface area (Å²) in [7, 11) is 0.